The summed E-state index contributed by atoms with van der Waals surface area (Å²) in [5.41, 5.74) is 2.55. The number of nitrogens with zero attached hydrogens (tertiary/aromatic N) is 10. The third kappa shape index (κ3) is 12.7. The second-order valence-corrected chi connectivity index (χ2v) is 14.2. The number of hydrogen-bond acceptors (Lipinski definition) is 17. The van der Waals surface area contributed by atoms with Gasteiger partial charge < -0.3 is 34.9 Å². The molecule has 5 aromatic carbocycles. The molecule has 0 amide bonds. The van der Waals surface area contributed by atoms with Gasteiger partial charge in [-0.2, -0.15) is 15.0 Å². The van der Waals surface area contributed by atoms with Crippen molar-refractivity contribution >= 4 is 91.3 Å². The molecule has 0 spiro atoms. The lowest BCUT2D eigenvalue weighted by molar-refractivity contribution is 0.0319. The van der Waals surface area contributed by atoms with Crippen LogP contribution < -0.4 is 30.2 Å². The van der Waals surface area contributed by atoms with Crippen molar-refractivity contribution in [3.05, 3.63) is 132 Å². The zero-order valence-electron chi connectivity index (χ0n) is 34.0. The van der Waals surface area contributed by atoms with Crippen LogP contribution in [-0.4, -0.2) is 103 Å². The molecule has 0 bridgehead atoms. The van der Waals surface area contributed by atoms with Gasteiger partial charge in [0.2, 0.25) is 39.4 Å². The van der Waals surface area contributed by atoms with Gasteiger partial charge in [-0.05, 0) is 57.7 Å². The lowest BCUT2D eigenvalue weighted by Crippen LogP contribution is -2.38. The summed E-state index contributed by atoms with van der Waals surface area (Å²) in [5.74, 6) is 2.89. The molecule has 3 aromatic heterocycles. The predicted molar refractivity (Wildman–Crippen MR) is 245 cm³/mol. The van der Waals surface area contributed by atoms with Crippen LogP contribution >= 0.6 is 34.8 Å². The molecular formula is C43H40Cl3N13O4. The largest absolute Gasteiger partial charge is 0.493 e. The van der Waals surface area contributed by atoms with Crippen LogP contribution in [0.1, 0.15) is 0 Å². The fraction of sp³-hybridized carbons (Fsp3) is 0.186. The fourth-order valence-corrected chi connectivity index (χ4v) is 6.66. The number of aromatic nitrogens is 9. The van der Waals surface area contributed by atoms with Crippen LogP contribution in [0.15, 0.2) is 116 Å². The van der Waals surface area contributed by atoms with Crippen molar-refractivity contribution in [1.29, 1.82) is 0 Å². The van der Waals surface area contributed by atoms with E-state index in [1.807, 2.05) is 66.7 Å². The molecule has 1 fully saturated rings. The van der Waals surface area contributed by atoms with Crippen LogP contribution in [0.25, 0.3) is 21.5 Å². The van der Waals surface area contributed by atoms with Gasteiger partial charge in [-0.15, -0.1) is 0 Å². The van der Waals surface area contributed by atoms with Crippen LogP contribution in [-0.2, 0) is 4.74 Å². The molecule has 1 aliphatic heterocycles. The van der Waals surface area contributed by atoms with Crippen LogP contribution in [0.4, 0.5) is 34.9 Å². The number of nitrogens with one attached hydrogen (secondary N) is 3. The van der Waals surface area contributed by atoms with Crippen molar-refractivity contribution in [2.45, 2.75) is 0 Å². The Balaban J connectivity index is 0.000000187. The Labute approximate surface area is 377 Å². The first-order valence-corrected chi connectivity index (χ1v) is 20.5. The fourth-order valence-electron chi connectivity index (χ4n) is 6.25. The van der Waals surface area contributed by atoms with E-state index in [9.17, 15) is 0 Å². The average Bonchev–Trinajstić information content (AvgIpc) is 3.30. The third-order valence-electron chi connectivity index (χ3n) is 9.17. The highest BCUT2D eigenvalue weighted by molar-refractivity contribution is 6.31. The Hall–Kier alpha value is -6.76. The predicted octanol–water partition coefficient (Wildman–Crippen LogP) is 8.84. The van der Waals surface area contributed by atoms with E-state index in [1.165, 1.54) is 19.0 Å². The lowest BCUT2D eigenvalue weighted by Gasteiger charge is -2.26. The van der Waals surface area contributed by atoms with Gasteiger partial charge >= 0.3 is 0 Å². The zero-order chi connectivity index (χ0) is 43.8. The summed E-state index contributed by atoms with van der Waals surface area (Å²) >= 11 is 16.3. The number of rotatable bonds is 12. The van der Waals surface area contributed by atoms with Gasteiger partial charge in [0.1, 0.15) is 25.6 Å². The smallest absolute Gasteiger partial charge is 0.232 e. The summed E-state index contributed by atoms with van der Waals surface area (Å²) in [6.07, 6.45) is 4.08. The summed E-state index contributed by atoms with van der Waals surface area (Å²) < 4.78 is 22.7. The molecule has 0 atom stereocenters. The Morgan fingerprint density at radius 1 is 0.571 bits per heavy atom. The van der Waals surface area contributed by atoms with E-state index < -0.39 is 0 Å². The van der Waals surface area contributed by atoms with Gasteiger partial charge in [-0.25, -0.2) is 29.9 Å². The molecular weight excluding hydrogens is 869 g/mol. The second kappa shape index (κ2) is 22.4. The van der Waals surface area contributed by atoms with Crippen LogP contribution in [0, 0.1) is 0 Å². The minimum absolute atomic E-state index is 0.116. The Bertz CT molecular complexity index is 2700. The van der Waals surface area contributed by atoms with Gasteiger partial charge in [-0.1, -0.05) is 72.8 Å². The number of benzene rings is 5. The van der Waals surface area contributed by atoms with E-state index in [2.05, 4.69) is 96.0 Å². The molecule has 17 nitrogen and oxygen atoms in total. The van der Waals surface area contributed by atoms with Gasteiger partial charge in [0.15, 0.2) is 11.5 Å². The summed E-state index contributed by atoms with van der Waals surface area (Å²) in [6, 6.07) is 32.0. The zero-order valence-corrected chi connectivity index (χ0v) is 36.2. The Morgan fingerprint density at radius 3 is 1.57 bits per heavy atom. The number of anilines is 6. The SMILES string of the molecule is COc1cc(Nc2ncnc(Nc3cccc4ccccc34)n2)cc(OC)c1OCCN1CCOCC1.Clc1ncnc(Cl)n1.Clc1ncnc(Nc2cccc3ccccc23)n1. The van der Waals surface area contributed by atoms with Crippen LogP contribution in [0.5, 0.6) is 17.2 Å². The molecule has 8 aromatic rings. The normalized spacial score (nSPS) is 12.3. The van der Waals surface area contributed by atoms with Crippen LogP contribution in [0.3, 0.4) is 0 Å². The molecule has 1 aliphatic rings. The van der Waals surface area contributed by atoms with Gasteiger partial charge in [0, 0.05) is 59.6 Å². The first kappa shape index (κ1) is 44.3. The van der Waals surface area contributed by atoms with E-state index in [0.29, 0.717) is 47.4 Å². The highest BCUT2D eigenvalue weighted by atomic mass is 35.5. The molecule has 0 unspecified atom stereocenters. The van der Waals surface area contributed by atoms with E-state index in [4.69, 9.17) is 53.8 Å². The summed E-state index contributed by atoms with van der Waals surface area (Å²) in [4.78, 5) is 37.7. The van der Waals surface area contributed by atoms with E-state index in [-0.39, 0.29) is 15.9 Å². The number of fused-ring (bicyclic) bond motifs is 2. The highest BCUT2D eigenvalue weighted by Crippen LogP contribution is 2.41. The summed E-state index contributed by atoms with van der Waals surface area (Å²) in [6.45, 7) is 4.63. The lowest BCUT2D eigenvalue weighted by atomic mass is 10.1. The first-order chi connectivity index (χ1) is 30.8. The van der Waals surface area contributed by atoms with Crippen molar-refractivity contribution < 1.29 is 18.9 Å². The average molecular weight is 909 g/mol. The van der Waals surface area contributed by atoms with Crippen molar-refractivity contribution in [3.8, 4) is 17.2 Å². The highest BCUT2D eigenvalue weighted by Gasteiger charge is 2.17. The van der Waals surface area contributed by atoms with E-state index in [1.54, 1.807) is 14.2 Å². The van der Waals surface area contributed by atoms with Crippen LogP contribution in [0.2, 0.25) is 15.9 Å². The molecule has 322 valence electrons. The molecule has 0 saturated carbocycles. The number of halogens is 3. The summed E-state index contributed by atoms with van der Waals surface area (Å²) in [5, 5.41) is 14.5. The standard InChI is InChI=1S/C27H30N6O4.C13H9ClN4.C3HCl2N3/c1-34-23-16-20(17-24(35-2)25(23)37-15-12-33-10-13-36-14-11-33)30-26-28-18-29-27(32-26)31-22-9-5-7-19-6-3-4-8-21(19)22;14-12-15-8-16-13(18-12)17-11-7-3-5-9-4-1-2-6-10(9)11;4-2-6-1-7-3(5)8-2/h3-9,16-18H,10-15H2,1-2H3,(H2,28,29,30,31,32);1-8H,(H,15,16,17,18);1H. The van der Waals surface area contributed by atoms with E-state index >= 15 is 0 Å². The minimum Gasteiger partial charge on any atom is -0.493 e. The summed E-state index contributed by atoms with van der Waals surface area (Å²) in [7, 11) is 3.20. The maximum atomic E-state index is 6.07. The van der Waals surface area contributed by atoms with Gasteiger partial charge in [-0.3, -0.25) is 4.90 Å². The first-order valence-electron chi connectivity index (χ1n) is 19.3. The molecule has 63 heavy (non-hydrogen) atoms. The quantitative estimate of drug-likeness (QED) is 0.105. The maximum absolute atomic E-state index is 6.07. The Kier molecular flexibility index (Phi) is 15.7. The molecule has 20 heteroatoms. The maximum Gasteiger partial charge on any atom is 0.232 e. The third-order valence-corrected chi connectivity index (χ3v) is 9.72. The van der Waals surface area contributed by atoms with Crippen molar-refractivity contribution in [2.75, 3.05) is 69.6 Å². The van der Waals surface area contributed by atoms with Crippen molar-refractivity contribution in [2.24, 2.45) is 0 Å². The molecule has 1 saturated heterocycles. The number of hydrogen-bond donors (Lipinski definition) is 3. The molecule has 3 N–H and O–H groups in total. The molecule has 9 rings (SSSR count). The minimum atomic E-state index is 0.116. The Morgan fingerprint density at radius 2 is 1.05 bits per heavy atom. The molecule has 4 heterocycles. The van der Waals surface area contributed by atoms with Gasteiger partial charge in [0.05, 0.1) is 27.4 Å². The molecule has 0 aliphatic carbocycles. The molecule has 0 radical (unpaired) electrons. The number of methoxy groups -OCH3 is 2. The number of morpholine rings is 1. The topological polar surface area (TPSA) is 192 Å². The van der Waals surface area contributed by atoms with E-state index in [0.717, 1.165) is 65.8 Å². The van der Waals surface area contributed by atoms with Crippen molar-refractivity contribution in [3.63, 3.8) is 0 Å². The van der Waals surface area contributed by atoms with Crippen molar-refractivity contribution in [1.82, 2.24) is 49.8 Å². The number of ether oxygens (including phenoxy) is 4. The monoisotopic (exact) mass is 907 g/mol. The second-order valence-electron chi connectivity index (χ2n) is 13.2. The van der Waals surface area contributed by atoms with Gasteiger partial charge in [0.25, 0.3) is 0 Å².